The highest BCUT2D eigenvalue weighted by Crippen LogP contribution is 1.99. The number of nitrogens with zero attached hydrogens (tertiary/aromatic N) is 1. The Bertz CT molecular complexity index is 230. The van der Waals surface area contributed by atoms with E-state index in [-0.39, 0.29) is 0 Å². The summed E-state index contributed by atoms with van der Waals surface area (Å²) in [4.78, 5) is 23.6. The van der Waals surface area contributed by atoms with Gasteiger partial charge in [-0.1, -0.05) is 26.2 Å². The number of carbonyl (C=O) groups is 1. The molecule has 0 atom stereocenters. The Balaban J connectivity index is 3.40. The molecule has 0 aromatic rings. The van der Waals surface area contributed by atoms with Crippen LogP contribution in [0.4, 0.5) is 0 Å². The molecule has 0 aliphatic heterocycles. The summed E-state index contributed by atoms with van der Waals surface area (Å²) in [6.45, 7) is 2.54. The van der Waals surface area contributed by atoms with Gasteiger partial charge >= 0.3 is 5.97 Å². The maximum Gasteiger partial charge on any atom is 0.332 e. The summed E-state index contributed by atoms with van der Waals surface area (Å²) >= 11 is 0. The largest absolute Gasteiger partial charge is 0.462 e. The maximum atomic E-state index is 10.9. The highest BCUT2D eigenvalue weighted by molar-refractivity contribution is 5.81. The summed E-state index contributed by atoms with van der Waals surface area (Å²) in [5.41, 5.74) is 0. The van der Waals surface area contributed by atoms with E-state index < -0.39 is 5.97 Å². The number of rotatable bonds is 7. The molecule has 0 spiro atoms. The van der Waals surface area contributed by atoms with Gasteiger partial charge in [0.05, 0.1) is 6.61 Å². The lowest BCUT2D eigenvalue weighted by Gasteiger charge is -2.00. The quantitative estimate of drug-likeness (QED) is 0.206. The maximum absolute atomic E-state index is 10.9. The zero-order valence-electron chi connectivity index (χ0n) is 8.36. The normalized spacial score (nSPS) is 9.79. The Morgan fingerprint density at radius 2 is 2.21 bits per heavy atom. The van der Waals surface area contributed by atoms with Crippen molar-refractivity contribution in [1.82, 2.24) is 0 Å². The smallest absolute Gasteiger partial charge is 0.332 e. The third-order valence-electron chi connectivity index (χ3n) is 1.58. The fourth-order valence-corrected chi connectivity index (χ4v) is 0.878. The minimum absolute atomic E-state index is 0.425. The van der Waals surface area contributed by atoms with Crippen LogP contribution in [0.15, 0.2) is 17.3 Å². The molecular weight excluding hydrogens is 182 g/mol. The first-order valence-electron chi connectivity index (χ1n) is 4.71. The van der Waals surface area contributed by atoms with E-state index in [0.29, 0.717) is 6.61 Å². The number of ether oxygens (including phenoxy) is 1. The average molecular weight is 197 g/mol. The molecule has 0 unspecified atom stereocenters. The molecule has 0 aromatic heterocycles. The first-order valence-corrected chi connectivity index (χ1v) is 4.71. The van der Waals surface area contributed by atoms with Crippen molar-refractivity contribution in [2.75, 3.05) is 6.61 Å². The highest BCUT2D eigenvalue weighted by atomic mass is 16.5. The van der Waals surface area contributed by atoms with Crippen LogP contribution >= 0.6 is 0 Å². The van der Waals surface area contributed by atoms with E-state index >= 15 is 0 Å². The molecule has 0 N–H and O–H groups in total. The molecule has 0 heterocycles. The lowest BCUT2D eigenvalue weighted by atomic mass is 10.2. The van der Waals surface area contributed by atoms with Gasteiger partial charge in [0.15, 0.2) is 0 Å². The zero-order chi connectivity index (χ0) is 10.6. The van der Waals surface area contributed by atoms with Gasteiger partial charge in [0, 0.05) is 12.3 Å². The van der Waals surface area contributed by atoms with Crippen molar-refractivity contribution in [2.45, 2.75) is 32.6 Å². The molecule has 0 aliphatic rings. The molecule has 0 radical (unpaired) electrons. The van der Waals surface area contributed by atoms with Crippen LogP contribution in [0.3, 0.4) is 0 Å². The molecule has 78 valence electrons. The Hall–Kier alpha value is -1.41. The fourth-order valence-electron chi connectivity index (χ4n) is 0.878. The molecule has 0 amide bonds. The number of carbonyl (C=O) groups excluding carboxylic acids is 2. The van der Waals surface area contributed by atoms with Crippen LogP contribution < -0.4 is 0 Å². The van der Waals surface area contributed by atoms with Crippen molar-refractivity contribution in [3.8, 4) is 0 Å². The first kappa shape index (κ1) is 12.6. The predicted octanol–water partition coefficient (Wildman–Crippen LogP) is 1.96. The van der Waals surface area contributed by atoms with Gasteiger partial charge in [-0.2, -0.15) is 4.99 Å². The lowest BCUT2D eigenvalue weighted by Crippen LogP contribution is -2.01. The monoisotopic (exact) mass is 197 g/mol. The minimum Gasteiger partial charge on any atom is -0.462 e. The molecule has 14 heavy (non-hydrogen) atoms. The number of aliphatic imine (C=N–C) groups is 1. The van der Waals surface area contributed by atoms with Gasteiger partial charge in [-0.15, -0.1) is 0 Å². The van der Waals surface area contributed by atoms with Crippen LogP contribution in [0, 0.1) is 0 Å². The van der Waals surface area contributed by atoms with Gasteiger partial charge in [0.25, 0.3) is 0 Å². The van der Waals surface area contributed by atoms with Gasteiger partial charge in [0.2, 0.25) is 6.08 Å². The van der Waals surface area contributed by atoms with Gasteiger partial charge in [0.1, 0.15) is 0 Å². The van der Waals surface area contributed by atoms with Crippen LogP contribution in [-0.2, 0) is 14.3 Å². The summed E-state index contributed by atoms with van der Waals surface area (Å²) in [5.74, 6) is -0.472. The first-order chi connectivity index (χ1) is 6.81. The second-order valence-corrected chi connectivity index (χ2v) is 2.76. The van der Waals surface area contributed by atoms with Gasteiger partial charge in [-0.3, -0.25) is 0 Å². The van der Waals surface area contributed by atoms with Gasteiger partial charge in [-0.05, 0) is 6.42 Å². The summed E-state index contributed by atoms with van der Waals surface area (Å²) in [6, 6.07) is 0. The summed E-state index contributed by atoms with van der Waals surface area (Å²) in [7, 11) is 0. The second kappa shape index (κ2) is 9.68. The number of isocyanates is 1. The van der Waals surface area contributed by atoms with E-state index in [4.69, 9.17) is 4.74 Å². The van der Waals surface area contributed by atoms with Crippen molar-refractivity contribution in [3.05, 3.63) is 12.3 Å². The molecule has 0 saturated heterocycles. The Morgan fingerprint density at radius 1 is 1.43 bits per heavy atom. The molecule has 0 aliphatic carbocycles. The molecule has 0 rings (SSSR count). The standard InChI is InChI=1S/C10H15NO3/c1-2-3-4-5-8-14-10(13)6-7-11-9-12/h6-7H,2-5,8H2,1H3. The average Bonchev–Trinajstić information content (AvgIpc) is 2.18. The Labute approximate surface area is 83.7 Å². The predicted molar refractivity (Wildman–Crippen MR) is 52.4 cm³/mol. The SMILES string of the molecule is CCCCCCOC(=O)C=CN=C=O. The van der Waals surface area contributed by atoms with Crippen molar-refractivity contribution < 1.29 is 14.3 Å². The van der Waals surface area contributed by atoms with E-state index in [1.54, 1.807) is 0 Å². The molecule has 0 bridgehead atoms. The van der Waals surface area contributed by atoms with Crippen LogP contribution in [0.25, 0.3) is 0 Å². The van der Waals surface area contributed by atoms with E-state index in [9.17, 15) is 9.59 Å². The molecular formula is C10H15NO3. The third-order valence-corrected chi connectivity index (χ3v) is 1.58. The molecule has 0 saturated carbocycles. The van der Waals surface area contributed by atoms with Crippen molar-refractivity contribution >= 4 is 12.0 Å². The van der Waals surface area contributed by atoms with Crippen molar-refractivity contribution in [3.63, 3.8) is 0 Å². The van der Waals surface area contributed by atoms with Crippen LogP contribution in [-0.4, -0.2) is 18.7 Å². The number of unbranched alkanes of at least 4 members (excludes halogenated alkanes) is 3. The van der Waals surface area contributed by atoms with Gasteiger partial charge in [-0.25, -0.2) is 9.59 Å². The van der Waals surface area contributed by atoms with E-state index in [1.807, 2.05) is 0 Å². The third kappa shape index (κ3) is 8.68. The second-order valence-electron chi connectivity index (χ2n) is 2.76. The van der Waals surface area contributed by atoms with E-state index in [2.05, 4.69) is 11.9 Å². The Kier molecular flexibility index (Phi) is 8.70. The Morgan fingerprint density at radius 3 is 2.86 bits per heavy atom. The summed E-state index contributed by atoms with van der Waals surface area (Å²) in [5, 5.41) is 0. The van der Waals surface area contributed by atoms with Crippen LogP contribution in [0.1, 0.15) is 32.6 Å². The van der Waals surface area contributed by atoms with Crippen LogP contribution in [0.2, 0.25) is 0 Å². The number of esters is 1. The molecule has 4 heteroatoms. The highest BCUT2D eigenvalue weighted by Gasteiger charge is 1.95. The molecule has 4 nitrogen and oxygen atoms in total. The number of hydrogen-bond acceptors (Lipinski definition) is 4. The molecule has 0 fully saturated rings. The van der Waals surface area contributed by atoms with Crippen molar-refractivity contribution in [1.29, 1.82) is 0 Å². The lowest BCUT2D eigenvalue weighted by molar-refractivity contribution is -0.137. The molecule has 0 aromatic carbocycles. The van der Waals surface area contributed by atoms with Crippen LogP contribution in [0.5, 0.6) is 0 Å². The topological polar surface area (TPSA) is 55.7 Å². The van der Waals surface area contributed by atoms with Gasteiger partial charge < -0.3 is 4.74 Å². The summed E-state index contributed by atoms with van der Waals surface area (Å²) in [6.07, 6.45) is 7.72. The van der Waals surface area contributed by atoms with E-state index in [0.717, 1.165) is 38.0 Å². The fraction of sp³-hybridized carbons (Fsp3) is 0.600. The van der Waals surface area contributed by atoms with E-state index in [1.165, 1.54) is 6.08 Å². The minimum atomic E-state index is -0.472. The van der Waals surface area contributed by atoms with Crippen molar-refractivity contribution in [2.24, 2.45) is 4.99 Å². The summed E-state index contributed by atoms with van der Waals surface area (Å²) < 4.78 is 4.82. The number of hydrogen-bond donors (Lipinski definition) is 0. The zero-order valence-corrected chi connectivity index (χ0v) is 8.36.